The quantitative estimate of drug-likeness (QED) is 0.418. The van der Waals surface area contributed by atoms with E-state index in [9.17, 15) is 14.4 Å². The van der Waals surface area contributed by atoms with Crippen LogP contribution in [-0.4, -0.2) is 46.5 Å². The SMILES string of the molecule is CCOC(=O)c1ccc(N=C2S[C@H](CC(=O)Nc3ccccc3)C(=O)N2Cc2ccc3c(c2)OCO3)cc1. The molecule has 0 spiro atoms. The van der Waals surface area contributed by atoms with E-state index in [0.29, 0.717) is 33.6 Å². The molecule has 194 valence electrons. The predicted octanol–water partition coefficient (Wildman–Crippen LogP) is 4.75. The third kappa shape index (κ3) is 5.81. The topological polar surface area (TPSA) is 107 Å². The molecular weight excluding hydrogens is 506 g/mol. The maximum absolute atomic E-state index is 13.5. The normalized spacial score (nSPS) is 17.1. The second-order valence-corrected chi connectivity index (χ2v) is 9.67. The molecular formula is C28H25N3O6S. The minimum absolute atomic E-state index is 0.00313. The summed E-state index contributed by atoms with van der Waals surface area (Å²) >= 11 is 1.24. The van der Waals surface area contributed by atoms with Gasteiger partial charge in [0.15, 0.2) is 16.7 Å². The van der Waals surface area contributed by atoms with Crippen molar-refractivity contribution in [3.8, 4) is 11.5 Å². The third-order valence-corrected chi connectivity index (χ3v) is 7.00. The molecule has 0 saturated carbocycles. The molecule has 1 atom stereocenters. The van der Waals surface area contributed by atoms with E-state index in [2.05, 4.69) is 5.32 Å². The van der Waals surface area contributed by atoms with Crippen LogP contribution in [0.2, 0.25) is 0 Å². The fourth-order valence-electron chi connectivity index (χ4n) is 3.99. The van der Waals surface area contributed by atoms with Gasteiger partial charge in [0.05, 0.1) is 24.4 Å². The Hall–Kier alpha value is -4.31. The number of aliphatic imine (C=N–C) groups is 1. The van der Waals surface area contributed by atoms with Crippen molar-refractivity contribution in [2.24, 2.45) is 4.99 Å². The lowest BCUT2D eigenvalue weighted by molar-refractivity contribution is -0.128. The van der Waals surface area contributed by atoms with E-state index in [-0.39, 0.29) is 38.2 Å². The first-order chi connectivity index (χ1) is 18.5. The lowest BCUT2D eigenvalue weighted by Gasteiger charge is -2.17. The van der Waals surface area contributed by atoms with Crippen molar-refractivity contribution in [2.45, 2.75) is 25.1 Å². The molecule has 1 saturated heterocycles. The number of hydrogen-bond donors (Lipinski definition) is 1. The van der Waals surface area contributed by atoms with E-state index < -0.39 is 11.2 Å². The minimum atomic E-state index is -0.634. The highest BCUT2D eigenvalue weighted by atomic mass is 32.2. The van der Waals surface area contributed by atoms with Crippen molar-refractivity contribution in [3.63, 3.8) is 0 Å². The summed E-state index contributed by atoms with van der Waals surface area (Å²) in [6.45, 7) is 2.44. The van der Waals surface area contributed by atoms with Crippen molar-refractivity contribution in [2.75, 3.05) is 18.7 Å². The standard InChI is InChI=1S/C28H25N3O6S/c1-2-35-27(34)19-9-11-21(12-10-19)30-28-31(16-18-8-13-22-23(14-18)37-17-36-22)26(33)24(38-28)15-25(32)29-20-6-4-3-5-7-20/h3-14,24H,2,15-17H2,1H3,(H,29,32)/t24-/m1/s1. The molecule has 9 nitrogen and oxygen atoms in total. The number of anilines is 1. The number of amidine groups is 1. The van der Waals surface area contributed by atoms with Gasteiger partial charge in [-0.15, -0.1) is 0 Å². The number of fused-ring (bicyclic) bond motifs is 1. The Labute approximate surface area is 223 Å². The lowest BCUT2D eigenvalue weighted by Crippen LogP contribution is -2.33. The highest BCUT2D eigenvalue weighted by molar-refractivity contribution is 8.15. The highest BCUT2D eigenvalue weighted by Crippen LogP contribution is 2.36. The first kappa shape index (κ1) is 25.3. The number of carbonyl (C=O) groups excluding carboxylic acids is 3. The number of amides is 2. The van der Waals surface area contributed by atoms with Gasteiger partial charge in [-0.2, -0.15) is 0 Å². The van der Waals surface area contributed by atoms with Crippen LogP contribution in [0.4, 0.5) is 11.4 Å². The molecule has 1 N–H and O–H groups in total. The van der Waals surface area contributed by atoms with Crippen LogP contribution in [0.25, 0.3) is 0 Å². The molecule has 0 radical (unpaired) electrons. The summed E-state index contributed by atoms with van der Waals surface area (Å²) < 4.78 is 15.9. The number of rotatable bonds is 8. The molecule has 3 aromatic rings. The van der Waals surface area contributed by atoms with Gasteiger partial charge in [0.1, 0.15) is 5.25 Å². The zero-order valence-electron chi connectivity index (χ0n) is 20.6. The molecule has 0 unspecified atom stereocenters. The highest BCUT2D eigenvalue weighted by Gasteiger charge is 2.39. The van der Waals surface area contributed by atoms with E-state index in [1.165, 1.54) is 11.8 Å². The molecule has 2 amide bonds. The number of hydrogen-bond acceptors (Lipinski definition) is 8. The fraction of sp³-hybridized carbons (Fsp3) is 0.214. The average Bonchev–Trinajstić information content (AvgIpc) is 3.50. The van der Waals surface area contributed by atoms with Gasteiger partial charge in [-0.1, -0.05) is 36.0 Å². The predicted molar refractivity (Wildman–Crippen MR) is 144 cm³/mol. The Morgan fingerprint density at radius 1 is 1.05 bits per heavy atom. The monoisotopic (exact) mass is 531 g/mol. The van der Waals surface area contributed by atoms with Crippen LogP contribution in [0, 0.1) is 0 Å². The number of para-hydroxylation sites is 1. The molecule has 0 bridgehead atoms. The minimum Gasteiger partial charge on any atom is -0.462 e. The molecule has 2 aliphatic heterocycles. The van der Waals surface area contributed by atoms with Gasteiger partial charge in [-0.05, 0) is 61.0 Å². The summed E-state index contributed by atoms with van der Waals surface area (Å²) in [5.74, 6) is 0.393. The Balaban J connectivity index is 1.37. The Kier molecular flexibility index (Phi) is 7.60. The molecule has 38 heavy (non-hydrogen) atoms. The zero-order valence-corrected chi connectivity index (χ0v) is 21.4. The van der Waals surface area contributed by atoms with Crippen molar-refractivity contribution in [3.05, 3.63) is 83.9 Å². The van der Waals surface area contributed by atoms with Crippen molar-refractivity contribution >= 4 is 46.1 Å². The van der Waals surface area contributed by atoms with E-state index >= 15 is 0 Å². The maximum Gasteiger partial charge on any atom is 0.338 e. The number of esters is 1. The second-order valence-electron chi connectivity index (χ2n) is 8.50. The molecule has 3 aromatic carbocycles. The van der Waals surface area contributed by atoms with E-state index in [1.54, 1.807) is 54.3 Å². The van der Waals surface area contributed by atoms with Crippen molar-refractivity contribution in [1.82, 2.24) is 4.90 Å². The maximum atomic E-state index is 13.5. The number of nitrogens with one attached hydrogen (secondary N) is 1. The summed E-state index contributed by atoms with van der Waals surface area (Å²) in [4.78, 5) is 44.4. The first-order valence-electron chi connectivity index (χ1n) is 12.1. The fourth-order valence-corrected chi connectivity index (χ4v) is 5.15. The molecule has 2 heterocycles. The Morgan fingerprint density at radius 3 is 2.58 bits per heavy atom. The van der Waals surface area contributed by atoms with Crippen LogP contribution >= 0.6 is 11.8 Å². The van der Waals surface area contributed by atoms with Crippen LogP contribution in [0.15, 0.2) is 77.8 Å². The average molecular weight is 532 g/mol. The summed E-state index contributed by atoms with van der Waals surface area (Å²) in [7, 11) is 0. The van der Waals surface area contributed by atoms with Gasteiger partial charge < -0.3 is 19.5 Å². The van der Waals surface area contributed by atoms with Crippen LogP contribution in [0.3, 0.4) is 0 Å². The van der Waals surface area contributed by atoms with Crippen molar-refractivity contribution < 1.29 is 28.6 Å². The molecule has 1 fully saturated rings. The third-order valence-electron chi connectivity index (χ3n) is 5.83. The van der Waals surface area contributed by atoms with E-state index in [0.717, 1.165) is 5.56 Å². The Morgan fingerprint density at radius 2 is 1.82 bits per heavy atom. The van der Waals surface area contributed by atoms with Crippen molar-refractivity contribution in [1.29, 1.82) is 0 Å². The summed E-state index contributed by atoms with van der Waals surface area (Å²) in [5, 5.41) is 2.67. The van der Waals surface area contributed by atoms with E-state index in [1.807, 2.05) is 30.3 Å². The largest absolute Gasteiger partial charge is 0.462 e. The second kappa shape index (κ2) is 11.4. The van der Waals surface area contributed by atoms with Gasteiger partial charge in [0.2, 0.25) is 18.6 Å². The van der Waals surface area contributed by atoms with Gasteiger partial charge in [-0.25, -0.2) is 9.79 Å². The number of thioether (sulfide) groups is 1. The van der Waals surface area contributed by atoms with E-state index in [4.69, 9.17) is 19.2 Å². The van der Waals surface area contributed by atoms with Gasteiger partial charge in [0.25, 0.3) is 0 Å². The zero-order chi connectivity index (χ0) is 26.5. The smallest absolute Gasteiger partial charge is 0.338 e. The van der Waals surface area contributed by atoms with Gasteiger partial charge in [-0.3, -0.25) is 14.5 Å². The number of nitrogens with zero attached hydrogens (tertiary/aromatic N) is 2. The molecule has 0 aliphatic carbocycles. The van der Waals surface area contributed by atoms with Crippen LogP contribution < -0.4 is 14.8 Å². The molecule has 10 heteroatoms. The summed E-state index contributed by atoms with van der Waals surface area (Å²) in [6.07, 6.45) is -0.00313. The van der Waals surface area contributed by atoms with Crippen LogP contribution in [0.5, 0.6) is 11.5 Å². The van der Waals surface area contributed by atoms with Crippen LogP contribution in [-0.2, 0) is 20.9 Å². The number of ether oxygens (including phenoxy) is 3. The summed E-state index contributed by atoms with van der Waals surface area (Å²) in [6, 6.07) is 21.3. The molecule has 2 aliphatic rings. The summed E-state index contributed by atoms with van der Waals surface area (Å²) in [5.41, 5.74) is 2.49. The Bertz CT molecular complexity index is 1380. The molecule has 5 rings (SSSR count). The van der Waals surface area contributed by atoms with Gasteiger partial charge >= 0.3 is 5.97 Å². The lowest BCUT2D eigenvalue weighted by atomic mass is 10.1. The first-order valence-corrected chi connectivity index (χ1v) is 13.0. The van der Waals surface area contributed by atoms with Crippen LogP contribution in [0.1, 0.15) is 29.3 Å². The number of benzene rings is 3. The molecule has 0 aromatic heterocycles. The number of carbonyl (C=O) groups is 3. The van der Waals surface area contributed by atoms with Gasteiger partial charge in [0, 0.05) is 12.1 Å².